The fourth-order valence-electron chi connectivity index (χ4n) is 3.63. The van der Waals surface area contributed by atoms with Crippen LogP contribution in [-0.2, 0) is 0 Å². The highest BCUT2D eigenvalue weighted by Gasteiger charge is 2.28. The molecule has 0 unspecified atom stereocenters. The summed E-state index contributed by atoms with van der Waals surface area (Å²) < 4.78 is 0. The van der Waals surface area contributed by atoms with Gasteiger partial charge in [-0.05, 0) is 58.0 Å². The fourth-order valence-corrected chi connectivity index (χ4v) is 3.63. The predicted octanol–water partition coefficient (Wildman–Crippen LogP) is 3.97. The quantitative estimate of drug-likeness (QED) is 0.463. The van der Waals surface area contributed by atoms with Gasteiger partial charge < -0.3 is 10.1 Å². The van der Waals surface area contributed by atoms with Crippen molar-refractivity contribution in [3.05, 3.63) is 11.1 Å². The first-order chi connectivity index (χ1) is 9.28. The van der Waals surface area contributed by atoms with Crippen LogP contribution in [0.25, 0.3) is 0 Å². The molecule has 1 atom stereocenters. The third-order valence-electron chi connectivity index (χ3n) is 4.57. The normalized spacial score (nSPS) is 26.1. The second kappa shape index (κ2) is 7.09. The second-order valence-corrected chi connectivity index (χ2v) is 5.98. The molecule has 108 valence electrons. The van der Waals surface area contributed by atoms with E-state index in [2.05, 4.69) is 23.9 Å². The van der Waals surface area contributed by atoms with Gasteiger partial charge in [-0.3, -0.25) is 0 Å². The summed E-state index contributed by atoms with van der Waals surface area (Å²) >= 11 is 0. The summed E-state index contributed by atoms with van der Waals surface area (Å²) in [6, 6.07) is 0.719. The molecule has 0 saturated carbocycles. The summed E-state index contributed by atoms with van der Waals surface area (Å²) in [6.07, 6.45) is 9.30. The fraction of sp³-hybridized carbons (Fsp3) is 0.812. The van der Waals surface area contributed by atoms with Crippen LogP contribution in [0.15, 0.2) is 16.3 Å². The van der Waals surface area contributed by atoms with E-state index in [1.54, 1.807) is 11.1 Å². The molecular weight excluding hydrogens is 236 g/mol. The number of hydrogen-bond acceptors (Lipinski definition) is 3. The van der Waals surface area contributed by atoms with Gasteiger partial charge in [0.2, 0.25) is 0 Å². The lowest BCUT2D eigenvalue weighted by molar-refractivity contribution is 0.178. The molecule has 1 N–H and O–H groups in total. The highest BCUT2D eigenvalue weighted by molar-refractivity contribution is 5.87. The van der Waals surface area contributed by atoms with Crippen LogP contribution in [-0.4, -0.2) is 35.0 Å². The van der Waals surface area contributed by atoms with Crippen molar-refractivity contribution >= 4 is 5.71 Å². The molecule has 0 aromatic heterocycles. The molecule has 0 aromatic carbocycles. The van der Waals surface area contributed by atoms with Gasteiger partial charge in [-0.1, -0.05) is 30.1 Å². The molecule has 0 radical (unpaired) electrons. The number of allylic oxidation sites excluding steroid dienone is 1. The Morgan fingerprint density at radius 1 is 1.11 bits per heavy atom. The Hall–Kier alpha value is -0.830. The number of nitrogens with zero attached hydrogens (tertiary/aromatic N) is 2. The van der Waals surface area contributed by atoms with Crippen LogP contribution in [0.4, 0.5) is 0 Å². The molecule has 0 aliphatic heterocycles. The van der Waals surface area contributed by atoms with Crippen molar-refractivity contribution in [3.63, 3.8) is 0 Å². The van der Waals surface area contributed by atoms with Crippen molar-refractivity contribution in [1.82, 2.24) is 4.90 Å². The summed E-state index contributed by atoms with van der Waals surface area (Å²) in [5, 5.41) is 12.4. The third-order valence-corrected chi connectivity index (χ3v) is 4.57. The Kier molecular flexibility index (Phi) is 5.44. The van der Waals surface area contributed by atoms with Crippen molar-refractivity contribution < 1.29 is 5.21 Å². The molecule has 2 aliphatic carbocycles. The van der Waals surface area contributed by atoms with E-state index in [4.69, 9.17) is 5.21 Å². The van der Waals surface area contributed by atoms with E-state index in [-0.39, 0.29) is 0 Å². The average molecular weight is 264 g/mol. The van der Waals surface area contributed by atoms with E-state index < -0.39 is 0 Å². The van der Waals surface area contributed by atoms with Crippen LogP contribution in [0.1, 0.15) is 65.2 Å². The standard InChI is InChI=1S/C16H28N2O/c1-3-9-18(10-4-2)16-8-6-13-5-7-15(17-19)11-14(13)12-16/h16,19H,3-12H2,1-2H3/b17-15+/t16-/m1/s1. The largest absolute Gasteiger partial charge is 0.411 e. The van der Waals surface area contributed by atoms with E-state index in [1.165, 1.54) is 45.2 Å². The minimum absolute atomic E-state index is 0.719. The lowest BCUT2D eigenvalue weighted by atomic mass is 9.79. The maximum atomic E-state index is 8.98. The van der Waals surface area contributed by atoms with Crippen LogP contribution in [0.2, 0.25) is 0 Å². The SMILES string of the molecule is CCCN(CCC)[C@@H]1CCC2=C(C/C(=N/O)CC2)C1. The summed E-state index contributed by atoms with van der Waals surface area (Å²) in [4.78, 5) is 2.67. The first-order valence-corrected chi connectivity index (χ1v) is 7.92. The highest BCUT2D eigenvalue weighted by atomic mass is 16.4. The zero-order chi connectivity index (χ0) is 13.7. The second-order valence-electron chi connectivity index (χ2n) is 5.98. The summed E-state index contributed by atoms with van der Waals surface area (Å²) in [5.74, 6) is 0. The van der Waals surface area contributed by atoms with Gasteiger partial charge in [0.15, 0.2) is 0 Å². The van der Waals surface area contributed by atoms with Crippen LogP contribution in [0.5, 0.6) is 0 Å². The molecule has 3 nitrogen and oxygen atoms in total. The van der Waals surface area contributed by atoms with Gasteiger partial charge >= 0.3 is 0 Å². The molecule has 0 bridgehead atoms. The van der Waals surface area contributed by atoms with Crippen LogP contribution in [0, 0.1) is 0 Å². The topological polar surface area (TPSA) is 35.8 Å². The maximum Gasteiger partial charge on any atom is 0.0614 e. The van der Waals surface area contributed by atoms with Crippen LogP contribution < -0.4 is 0 Å². The van der Waals surface area contributed by atoms with Gasteiger partial charge in [-0.25, -0.2) is 0 Å². The number of hydrogen-bond donors (Lipinski definition) is 1. The Balaban J connectivity index is 2.02. The van der Waals surface area contributed by atoms with Crippen molar-refractivity contribution in [2.75, 3.05) is 13.1 Å². The van der Waals surface area contributed by atoms with Gasteiger partial charge in [0, 0.05) is 12.5 Å². The van der Waals surface area contributed by atoms with Gasteiger partial charge in [0.1, 0.15) is 0 Å². The van der Waals surface area contributed by atoms with Crippen molar-refractivity contribution in [2.45, 2.75) is 71.3 Å². The van der Waals surface area contributed by atoms with E-state index in [0.29, 0.717) is 0 Å². The molecule has 19 heavy (non-hydrogen) atoms. The molecule has 0 heterocycles. The van der Waals surface area contributed by atoms with Crippen molar-refractivity contribution in [2.24, 2.45) is 5.16 Å². The maximum absolute atomic E-state index is 8.98. The van der Waals surface area contributed by atoms with Gasteiger partial charge in [0.25, 0.3) is 0 Å². The molecule has 3 heteroatoms. The van der Waals surface area contributed by atoms with E-state index in [9.17, 15) is 0 Å². The molecule has 2 aliphatic rings. The number of oxime groups is 1. The van der Waals surface area contributed by atoms with Crippen LogP contribution >= 0.6 is 0 Å². The smallest absolute Gasteiger partial charge is 0.0614 e. The van der Waals surface area contributed by atoms with Crippen molar-refractivity contribution in [3.8, 4) is 0 Å². The molecule has 0 aromatic rings. The molecule has 0 amide bonds. The molecule has 0 saturated heterocycles. The Bertz CT molecular complexity index is 354. The third kappa shape index (κ3) is 3.59. The monoisotopic (exact) mass is 264 g/mol. The van der Waals surface area contributed by atoms with Crippen LogP contribution in [0.3, 0.4) is 0 Å². The first kappa shape index (κ1) is 14.6. The first-order valence-electron chi connectivity index (χ1n) is 7.92. The molecular formula is C16H28N2O. The lowest BCUT2D eigenvalue weighted by Gasteiger charge is -2.37. The Labute approximate surface area is 117 Å². The zero-order valence-corrected chi connectivity index (χ0v) is 12.5. The Morgan fingerprint density at radius 2 is 1.84 bits per heavy atom. The number of rotatable bonds is 5. The summed E-state index contributed by atoms with van der Waals surface area (Å²) in [6.45, 7) is 6.99. The van der Waals surface area contributed by atoms with E-state index >= 15 is 0 Å². The van der Waals surface area contributed by atoms with Crippen molar-refractivity contribution in [1.29, 1.82) is 0 Å². The highest BCUT2D eigenvalue weighted by Crippen LogP contribution is 2.36. The lowest BCUT2D eigenvalue weighted by Crippen LogP contribution is -2.39. The van der Waals surface area contributed by atoms with Gasteiger partial charge in [-0.15, -0.1) is 0 Å². The summed E-state index contributed by atoms with van der Waals surface area (Å²) in [7, 11) is 0. The molecule has 0 fully saturated rings. The van der Waals surface area contributed by atoms with Gasteiger partial charge in [-0.2, -0.15) is 0 Å². The molecule has 0 spiro atoms. The minimum atomic E-state index is 0.719. The minimum Gasteiger partial charge on any atom is -0.411 e. The average Bonchev–Trinajstić information content (AvgIpc) is 2.46. The predicted molar refractivity (Wildman–Crippen MR) is 79.9 cm³/mol. The zero-order valence-electron chi connectivity index (χ0n) is 12.5. The Morgan fingerprint density at radius 3 is 2.47 bits per heavy atom. The van der Waals surface area contributed by atoms with E-state index in [1.807, 2.05) is 0 Å². The molecule has 2 rings (SSSR count). The van der Waals surface area contributed by atoms with E-state index in [0.717, 1.165) is 31.0 Å². The van der Waals surface area contributed by atoms with Gasteiger partial charge in [0.05, 0.1) is 5.71 Å². The summed E-state index contributed by atoms with van der Waals surface area (Å²) in [5.41, 5.74) is 4.22.